The van der Waals surface area contributed by atoms with Gasteiger partial charge in [-0.2, -0.15) is 0 Å². The highest BCUT2D eigenvalue weighted by molar-refractivity contribution is 9.11. The van der Waals surface area contributed by atoms with E-state index in [1.807, 2.05) is 6.07 Å². The first-order valence-electron chi connectivity index (χ1n) is 10.1. The van der Waals surface area contributed by atoms with Gasteiger partial charge in [0.25, 0.3) is 0 Å². The van der Waals surface area contributed by atoms with Gasteiger partial charge in [-0.3, -0.25) is 0 Å². The lowest BCUT2D eigenvalue weighted by Crippen LogP contribution is -2.12. The van der Waals surface area contributed by atoms with Crippen molar-refractivity contribution in [3.8, 4) is 17.2 Å². The fourth-order valence-corrected chi connectivity index (χ4v) is 4.80. The van der Waals surface area contributed by atoms with E-state index in [1.165, 1.54) is 6.92 Å². The Bertz CT molecular complexity index is 1170. The lowest BCUT2D eigenvalue weighted by Gasteiger charge is -2.19. The summed E-state index contributed by atoms with van der Waals surface area (Å²) in [5.74, 6) is 0.666. The second kappa shape index (κ2) is 10.9. The van der Waals surface area contributed by atoms with E-state index in [2.05, 4.69) is 31.9 Å². The van der Waals surface area contributed by atoms with Crippen molar-refractivity contribution in [2.24, 2.45) is 0 Å². The molecule has 2 atom stereocenters. The maximum absolute atomic E-state index is 12.0. The standard InChI is InChI=1S/C24H23Br2O6P/c1-3-31-23(28)15-6-4-5-14(9-15)10-16-11-18(7-8-21(16)27)32-22-19(25)12-17(13-20(22)26)24(2,29)33-30/h4-9,11-13,27,29H,3,10,33H2,1-2H3. The Balaban J connectivity index is 1.87. The quantitative estimate of drug-likeness (QED) is 0.231. The molecule has 3 rings (SSSR count). The molecule has 0 saturated carbocycles. The predicted octanol–water partition coefficient (Wildman–Crippen LogP) is 6.40. The van der Waals surface area contributed by atoms with E-state index in [4.69, 9.17) is 9.47 Å². The highest BCUT2D eigenvalue weighted by Crippen LogP contribution is 2.43. The molecule has 174 valence electrons. The normalized spacial score (nSPS) is 13.1. The van der Waals surface area contributed by atoms with Crippen LogP contribution in [0.4, 0.5) is 0 Å². The molecule has 6 nitrogen and oxygen atoms in total. The summed E-state index contributed by atoms with van der Waals surface area (Å²) in [6, 6.07) is 15.3. The smallest absolute Gasteiger partial charge is 0.338 e. The summed E-state index contributed by atoms with van der Waals surface area (Å²) in [4.78, 5) is 12.0. The fraction of sp³-hybridized carbons (Fsp3) is 0.208. The van der Waals surface area contributed by atoms with Crippen LogP contribution in [0.3, 0.4) is 0 Å². The van der Waals surface area contributed by atoms with Crippen LogP contribution in [-0.2, 0) is 21.1 Å². The Kier molecular flexibility index (Phi) is 8.40. The third-order valence-electron chi connectivity index (χ3n) is 4.92. The van der Waals surface area contributed by atoms with E-state index in [-0.39, 0.29) is 5.75 Å². The number of phenolic OH excluding ortho intramolecular Hbond substituents is 1. The van der Waals surface area contributed by atoms with E-state index in [9.17, 15) is 19.6 Å². The number of phenols is 1. The van der Waals surface area contributed by atoms with Crippen LogP contribution >= 0.6 is 40.3 Å². The summed E-state index contributed by atoms with van der Waals surface area (Å²) in [5, 5.41) is 19.2. The van der Waals surface area contributed by atoms with E-state index in [1.54, 1.807) is 55.5 Å². The molecule has 3 aromatic carbocycles. The van der Waals surface area contributed by atoms with Crippen LogP contribution in [0, 0.1) is 0 Å². The molecular formula is C24H23Br2O6P. The van der Waals surface area contributed by atoms with E-state index in [0.29, 0.717) is 50.2 Å². The summed E-state index contributed by atoms with van der Waals surface area (Å²) in [7, 11) is -1.44. The zero-order valence-electron chi connectivity index (χ0n) is 18.0. The molecule has 0 fully saturated rings. The van der Waals surface area contributed by atoms with Crippen LogP contribution in [0.15, 0.2) is 63.5 Å². The molecule has 0 aromatic heterocycles. The third kappa shape index (κ3) is 6.27. The van der Waals surface area contributed by atoms with Gasteiger partial charge in [0.1, 0.15) is 16.8 Å². The number of carbonyl (C=O) groups excluding carboxylic acids is 1. The van der Waals surface area contributed by atoms with Gasteiger partial charge in [0.15, 0.2) is 5.75 Å². The SMILES string of the molecule is CCOC(=O)c1cccc(Cc2cc(Oc3c(Br)cc(C(C)(O)[PH2]=O)cc3Br)ccc2O)c1. The minimum Gasteiger partial charge on any atom is -0.508 e. The van der Waals surface area contributed by atoms with Crippen molar-refractivity contribution in [2.45, 2.75) is 25.6 Å². The number of aromatic hydroxyl groups is 1. The number of halogens is 2. The Morgan fingerprint density at radius 1 is 1.09 bits per heavy atom. The second-order valence-electron chi connectivity index (χ2n) is 7.52. The van der Waals surface area contributed by atoms with Gasteiger partial charge in [0.05, 0.1) is 29.6 Å². The predicted molar refractivity (Wildman–Crippen MR) is 135 cm³/mol. The van der Waals surface area contributed by atoms with Gasteiger partial charge in [-0.05, 0) is 99.3 Å². The number of rotatable bonds is 8. The zero-order valence-corrected chi connectivity index (χ0v) is 22.3. The molecular weight excluding hydrogens is 575 g/mol. The van der Waals surface area contributed by atoms with Gasteiger partial charge in [-0.25, -0.2) is 4.79 Å². The monoisotopic (exact) mass is 596 g/mol. The molecule has 0 heterocycles. The van der Waals surface area contributed by atoms with Crippen molar-refractivity contribution in [3.05, 3.63) is 85.8 Å². The minimum atomic E-state index is -1.44. The largest absolute Gasteiger partial charge is 0.508 e. The Labute approximate surface area is 210 Å². The number of aliphatic hydroxyl groups is 1. The van der Waals surface area contributed by atoms with Crippen LogP contribution in [0.5, 0.6) is 17.2 Å². The molecule has 0 spiro atoms. The molecule has 2 unspecified atom stereocenters. The summed E-state index contributed by atoms with van der Waals surface area (Å²) in [6.45, 7) is 3.54. The van der Waals surface area contributed by atoms with Crippen molar-refractivity contribution in [3.63, 3.8) is 0 Å². The molecule has 3 aromatic rings. The van der Waals surface area contributed by atoms with Crippen molar-refractivity contribution in [1.82, 2.24) is 0 Å². The van der Waals surface area contributed by atoms with Crippen LogP contribution in [-0.4, -0.2) is 22.8 Å². The number of ether oxygens (including phenoxy) is 2. The van der Waals surface area contributed by atoms with Gasteiger partial charge >= 0.3 is 5.97 Å². The maximum Gasteiger partial charge on any atom is 0.338 e. The highest BCUT2D eigenvalue weighted by Gasteiger charge is 2.24. The zero-order chi connectivity index (χ0) is 24.2. The molecule has 9 heteroatoms. The van der Waals surface area contributed by atoms with Crippen LogP contribution < -0.4 is 4.74 Å². The summed E-state index contributed by atoms with van der Waals surface area (Å²) >= 11 is 6.89. The lowest BCUT2D eigenvalue weighted by molar-refractivity contribution is 0.0526. The van der Waals surface area contributed by atoms with Crippen LogP contribution in [0.25, 0.3) is 0 Å². The van der Waals surface area contributed by atoms with Crippen LogP contribution in [0.1, 0.15) is 40.9 Å². The lowest BCUT2D eigenvalue weighted by atomic mass is 10.0. The minimum absolute atomic E-state index is 0.104. The summed E-state index contributed by atoms with van der Waals surface area (Å²) < 4.78 is 23.6. The Morgan fingerprint density at radius 2 is 1.79 bits per heavy atom. The fourth-order valence-electron chi connectivity index (χ4n) is 3.15. The molecule has 0 bridgehead atoms. The highest BCUT2D eigenvalue weighted by atomic mass is 79.9. The average Bonchev–Trinajstić information content (AvgIpc) is 2.78. The average molecular weight is 598 g/mol. The molecule has 0 amide bonds. The van der Waals surface area contributed by atoms with E-state index >= 15 is 0 Å². The summed E-state index contributed by atoms with van der Waals surface area (Å²) in [6.07, 6.45) is 0.382. The van der Waals surface area contributed by atoms with Crippen molar-refractivity contribution >= 4 is 46.3 Å². The number of hydrogen-bond acceptors (Lipinski definition) is 6. The van der Waals surface area contributed by atoms with Gasteiger partial charge in [-0.1, -0.05) is 12.1 Å². The molecule has 33 heavy (non-hydrogen) atoms. The topological polar surface area (TPSA) is 93.1 Å². The number of benzene rings is 3. The van der Waals surface area contributed by atoms with Crippen molar-refractivity contribution < 1.29 is 29.0 Å². The Morgan fingerprint density at radius 3 is 2.42 bits per heavy atom. The number of carbonyl (C=O) groups is 1. The first kappa shape index (κ1) is 25.5. The van der Waals surface area contributed by atoms with E-state index < -0.39 is 19.8 Å². The van der Waals surface area contributed by atoms with Gasteiger partial charge in [0, 0.05) is 12.0 Å². The first-order chi connectivity index (χ1) is 15.6. The van der Waals surface area contributed by atoms with Crippen molar-refractivity contribution in [1.29, 1.82) is 0 Å². The van der Waals surface area contributed by atoms with Gasteiger partial charge in [-0.15, -0.1) is 0 Å². The molecule has 0 saturated heterocycles. The molecule has 0 radical (unpaired) electrons. The second-order valence-corrected chi connectivity index (χ2v) is 10.6. The number of hydrogen-bond donors (Lipinski definition) is 2. The van der Waals surface area contributed by atoms with Gasteiger partial charge in [0.2, 0.25) is 0 Å². The third-order valence-corrected chi connectivity index (χ3v) is 6.89. The molecule has 0 aliphatic rings. The molecule has 0 aliphatic carbocycles. The Hall–Kier alpha value is -2.12. The molecule has 2 N–H and O–H groups in total. The van der Waals surface area contributed by atoms with Crippen LogP contribution in [0.2, 0.25) is 0 Å². The van der Waals surface area contributed by atoms with Crippen molar-refractivity contribution in [2.75, 3.05) is 6.61 Å². The molecule has 0 aliphatic heterocycles. The first-order valence-corrected chi connectivity index (χ1v) is 12.7. The van der Waals surface area contributed by atoms with E-state index in [0.717, 1.165) is 5.56 Å². The maximum atomic E-state index is 12.0. The van der Waals surface area contributed by atoms with Gasteiger partial charge < -0.3 is 24.3 Å². The number of esters is 1. The summed E-state index contributed by atoms with van der Waals surface area (Å²) in [5.41, 5.74) is 2.40.